The lowest BCUT2D eigenvalue weighted by Gasteiger charge is -2.06. The third-order valence-electron chi connectivity index (χ3n) is 2.92. The van der Waals surface area contributed by atoms with Gasteiger partial charge in [-0.2, -0.15) is 0 Å². The molecule has 0 atom stereocenters. The van der Waals surface area contributed by atoms with Crippen molar-refractivity contribution in [3.8, 4) is 11.4 Å². The second-order valence-electron chi connectivity index (χ2n) is 4.29. The highest BCUT2D eigenvalue weighted by molar-refractivity contribution is 5.91. The van der Waals surface area contributed by atoms with E-state index in [4.69, 9.17) is 5.73 Å². The van der Waals surface area contributed by atoms with Gasteiger partial charge in [0, 0.05) is 28.9 Å². The molecule has 0 fully saturated rings. The molecule has 1 aromatic carbocycles. The Bertz CT molecular complexity index is 770. The monoisotopic (exact) mass is 254 g/mol. The Balaban J connectivity index is 2.32. The molecule has 0 aliphatic rings. The summed E-state index contributed by atoms with van der Waals surface area (Å²) in [5, 5.41) is 0.709. The Morgan fingerprint density at radius 3 is 2.84 bits per heavy atom. The normalized spacial score (nSPS) is 10.8. The number of aryl methyl sites for hydroxylation is 1. The second-order valence-corrected chi connectivity index (χ2v) is 4.29. The maximum Gasteiger partial charge on any atom is 0.163 e. The number of fused-ring (bicyclic) bond motifs is 1. The molecule has 4 nitrogen and oxygen atoms in total. The van der Waals surface area contributed by atoms with Crippen LogP contribution in [0.25, 0.3) is 22.3 Å². The van der Waals surface area contributed by atoms with Gasteiger partial charge in [0.15, 0.2) is 5.82 Å². The van der Waals surface area contributed by atoms with Gasteiger partial charge in [0.05, 0.1) is 5.52 Å². The molecular weight excluding hydrogens is 243 g/mol. The minimum absolute atomic E-state index is 0.349. The van der Waals surface area contributed by atoms with Crippen molar-refractivity contribution in [1.29, 1.82) is 0 Å². The number of nitrogens with two attached hydrogens (primary N) is 1. The van der Waals surface area contributed by atoms with E-state index in [1.165, 1.54) is 12.1 Å². The van der Waals surface area contributed by atoms with Gasteiger partial charge < -0.3 is 5.73 Å². The maximum atomic E-state index is 13.6. The van der Waals surface area contributed by atoms with Crippen LogP contribution in [0.4, 0.5) is 10.2 Å². The molecule has 0 bridgehead atoms. The third kappa shape index (κ3) is 1.99. The molecule has 0 saturated heterocycles. The van der Waals surface area contributed by atoms with Crippen molar-refractivity contribution in [3.63, 3.8) is 0 Å². The molecule has 0 aliphatic carbocycles. The average molecular weight is 254 g/mol. The van der Waals surface area contributed by atoms with Crippen molar-refractivity contribution >= 4 is 16.7 Å². The van der Waals surface area contributed by atoms with Crippen molar-refractivity contribution in [3.05, 3.63) is 48.0 Å². The molecule has 0 spiro atoms. The zero-order chi connectivity index (χ0) is 13.4. The predicted octanol–water partition coefficient (Wildman–Crippen LogP) is 2.72. The lowest BCUT2D eigenvalue weighted by Crippen LogP contribution is -1.99. The van der Waals surface area contributed by atoms with E-state index in [1.54, 1.807) is 24.5 Å². The Labute approximate surface area is 109 Å². The molecule has 0 amide bonds. The first kappa shape index (κ1) is 11.5. The van der Waals surface area contributed by atoms with E-state index in [2.05, 4.69) is 15.0 Å². The summed E-state index contributed by atoms with van der Waals surface area (Å²) in [6.07, 6.45) is 3.28. The molecule has 5 heteroatoms. The molecule has 2 aromatic heterocycles. The van der Waals surface area contributed by atoms with Crippen molar-refractivity contribution < 1.29 is 4.39 Å². The number of benzene rings is 1. The van der Waals surface area contributed by atoms with Gasteiger partial charge in [0.25, 0.3) is 0 Å². The summed E-state index contributed by atoms with van der Waals surface area (Å²) in [4.78, 5) is 12.7. The Hall–Kier alpha value is -2.56. The quantitative estimate of drug-likeness (QED) is 0.725. The number of nitrogens with zero attached hydrogens (tertiary/aromatic N) is 3. The molecule has 3 aromatic rings. The van der Waals surface area contributed by atoms with E-state index in [0.29, 0.717) is 28.1 Å². The van der Waals surface area contributed by atoms with Crippen LogP contribution in [0.5, 0.6) is 0 Å². The number of anilines is 1. The Kier molecular flexibility index (Phi) is 2.59. The number of pyridine rings is 1. The number of hydrogen-bond acceptors (Lipinski definition) is 4. The first-order valence-electron chi connectivity index (χ1n) is 5.79. The predicted molar refractivity (Wildman–Crippen MR) is 71.9 cm³/mol. The fourth-order valence-corrected chi connectivity index (χ4v) is 1.91. The smallest absolute Gasteiger partial charge is 0.163 e. The summed E-state index contributed by atoms with van der Waals surface area (Å²) in [5.74, 6) is 0.419. The zero-order valence-electron chi connectivity index (χ0n) is 10.3. The van der Waals surface area contributed by atoms with Gasteiger partial charge >= 0.3 is 0 Å². The van der Waals surface area contributed by atoms with E-state index in [9.17, 15) is 4.39 Å². The van der Waals surface area contributed by atoms with Crippen LogP contribution in [0.3, 0.4) is 0 Å². The van der Waals surface area contributed by atoms with Gasteiger partial charge in [-0.25, -0.2) is 14.4 Å². The van der Waals surface area contributed by atoms with Gasteiger partial charge in [-0.1, -0.05) is 6.07 Å². The number of hydrogen-bond donors (Lipinski definition) is 1. The largest absolute Gasteiger partial charge is 0.383 e. The van der Waals surface area contributed by atoms with E-state index in [0.717, 1.165) is 5.56 Å². The SMILES string of the molecule is Cc1cnc(-c2cc(F)cc3cccnc23)nc1N. The summed E-state index contributed by atoms with van der Waals surface area (Å²) < 4.78 is 13.6. The van der Waals surface area contributed by atoms with Crippen LogP contribution in [0, 0.1) is 12.7 Å². The minimum Gasteiger partial charge on any atom is -0.383 e. The van der Waals surface area contributed by atoms with Crippen LogP contribution in [0.15, 0.2) is 36.7 Å². The van der Waals surface area contributed by atoms with E-state index < -0.39 is 0 Å². The van der Waals surface area contributed by atoms with Crippen molar-refractivity contribution in [2.45, 2.75) is 6.92 Å². The Morgan fingerprint density at radius 1 is 1.21 bits per heavy atom. The number of aromatic nitrogens is 3. The van der Waals surface area contributed by atoms with E-state index in [-0.39, 0.29) is 5.82 Å². The molecule has 2 N–H and O–H groups in total. The van der Waals surface area contributed by atoms with Crippen LogP contribution in [0.2, 0.25) is 0 Å². The number of halogens is 1. The summed E-state index contributed by atoms with van der Waals surface area (Å²) in [6.45, 7) is 1.82. The van der Waals surface area contributed by atoms with Gasteiger partial charge in [-0.05, 0) is 25.1 Å². The van der Waals surface area contributed by atoms with Crippen LogP contribution in [-0.2, 0) is 0 Å². The number of nitrogen functional groups attached to an aromatic ring is 1. The van der Waals surface area contributed by atoms with Gasteiger partial charge in [-0.15, -0.1) is 0 Å². The zero-order valence-corrected chi connectivity index (χ0v) is 10.3. The van der Waals surface area contributed by atoms with Crippen LogP contribution < -0.4 is 5.73 Å². The summed E-state index contributed by atoms with van der Waals surface area (Å²) >= 11 is 0. The topological polar surface area (TPSA) is 64.7 Å². The van der Waals surface area contributed by atoms with Gasteiger partial charge in [0.2, 0.25) is 0 Å². The van der Waals surface area contributed by atoms with Crippen molar-refractivity contribution in [2.24, 2.45) is 0 Å². The lowest BCUT2D eigenvalue weighted by atomic mass is 10.1. The minimum atomic E-state index is -0.349. The summed E-state index contributed by atoms with van der Waals surface area (Å²) in [5.41, 5.74) is 7.77. The molecule has 94 valence electrons. The third-order valence-corrected chi connectivity index (χ3v) is 2.92. The number of rotatable bonds is 1. The molecule has 19 heavy (non-hydrogen) atoms. The Morgan fingerprint density at radius 2 is 2.05 bits per heavy atom. The molecule has 3 rings (SSSR count). The van der Waals surface area contributed by atoms with Crippen LogP contribution >= 0.6 is 0 Å². The molecule has 0 aliphatic heterocycles. The summed E-state index contributed by atoms with van der Waals surface area (Å²) in [7, 11) is 0. The van der Waals surface area contributed by atoms with E-state index >= 15 is 0 Å². The maximum absolute atomic E-state index is 13.6. The molecule has 2 heterocycles. The molecular formula is C14H11FN4. The van der Waals surface area contributed by atoms with Gasteiger partial charge in [0.1, 0.15) is 11.6 Å². The lowest BCUT2D eigenvalue weighted by molar-refractivity contribution is 0.630. The highest BCUT2D eigenvalue weighted by Gasteiger charge is 2.11. The van der Waals surface area contributed by atoms with Crippen molar-refractivity contribution in [2.75, 3.05) is 5.73 Å². The first-order valence-corrected chi connectivity index (χ1v) is 5.79. The average Bonchev–Trinajstić information content (AvgIpc) is 2.41. The standard InChI is InChI=1S/C14H11FN4/c1-8-7-18-14(19-13(8)16)11-6-10(15)5-9-3-2-4-17-12(9)11/h2-7H,1H3,(H2,16,18,19). The highest BCUT2D eigenvalue weighted by atomic mass is 19.1. The van der Waals surface area contributed by atoms with Crippen molar-refractivity contribution in [1.82, 2.24) is 15.0 Å². The van der Waals surface area contributed by atoms with Crippen LogP contribution in [0.1, 0.15) is 5.56 Å². The van der Waals surface area contributed by atoms with E-state index in [1.807, 2.05) is 6.92 Å². The highest BCUT2D eigenvalue weighted by Crippen LogP contribution is 2.26. The van der Waals surface area contributed by atoms with Crippen LogP contribution in [-0.4, -0.2) is 15.0 Å². The second kappa shape index (κ2) is 4.28. The molecule has 0 saturated carbocycles. The molecule has 0 unspecified atom stereocenters. The fraction of sp³-hybridized carbons (Fsp3) is 0.0714. The molecule has 0 radical (unpaired) electrons. The van der Waals surface area contributed by atoms with Gasteiger partial charge in [-0.3, -0.25) is 4.98 Å². The fourth-order valence-electron chi connectivity index (χ4n) is 1.91. The first-order chi connectivity index (χ1) is 9.15. The summed E-state index contributed by atoms with van der Waals surface area (Å²) in [6, 6.07) is 6.37.